The summed E-state index contributed by atoms with van der Waals surface area (Å²) in [6.07, 6.45) is -0.188. The minimum atomic E-state index is -1.14. The van der Waals surface area contributed by atoms with Crippen LogP contribution in [0.1, 0.15) is 5.69 Å². The van der Waals surface area contributed by atoms with E-state index < -0.39 is 5.97 Å². The number of nitrogens with zero attached hydrogens (tertiary/aromatic N) is 1. The molecule has 0 aliphatic rings. The molecule has 124 valence electrons. The predicted molar refractivity (Wildman–Crippen MR) is 86.0 cm³/mol. The Hall–Kier alpha value is -2.12. The third-order valence-corrected chi connectivity index (χ3v) is 4.08. The maximum atomic E-state index is 10.7. The van der Waals surface area contributed by atoms with Crippen molar-refractivity contribution in [2.75, 3.05) is 34.4 Å². The molecule has 7 heteroatoms. The summed E-state index contributed by atoms with van der Waals surface area (Å²) in [5.74, 6) is 0.245. The SMILES string of the molecule is COc1ccc(-c2nc(CC(=O)[O-])cs2)c(OCC[NH+](C)C)c1. The van der Waals surface area contributed by atoms with E-state index in [1.165, 1.54) is 16.2 Å². The van der Waals surface area contributed by atoms with Gasteiger partial charge in [-0.1, -0.05) is 0 Å². The maximum Gasteiger partial charge on any atom is 0.137 e. The number of carbonyl (C=O) groups is 1. The molecule has 1 N–H and O–H groups in total. The van der Waals surface area contributed by atoms with Gasteiger partial charge in [-0.15, -0.1) is 11.3 Å². The van der Waals surface area contributed by atoms with E-state index in [4.69, 9.17) is 9.47 Å². The topological polar surface area (TPSA) is 75.9 Å². The molecule has 2 aromatic rings. The van der Waals surface area contributed by atoms with Crippen LogP contribution in [0.3, 0.4) is 0 Å². The van der Waals surface area contributed by atoms with Gasteiger partial charge in [-0.2, -0.15) is 0 Å². The molecule has 0 aliphatic carbocycles. The number of likely N-dealkylation sites (N-methyl/N-ethyl adjacent to an activating group) is 1. The van der Waals surface area contributed by atoms with Crippen molar-refractivity contribution in [2.45, 2.75) is 6.42 Å². The number of ether oxygens (including phenoxy) is 2. The molecular weight excluding hydrogens is 316 g/mol. The van der Waals surface area contributed by atoms with E-state index in [2.05, 4.69) is 19.1 Å². The number of carboxylic acids is 1. The van der Waals surface area contributed by atoms with Crippen LogP contribution < -0.4 is 19.5 Å². The molecule has 0 saturated heterocycles. The summed E-state index contributed by atoms with van der Waals surface area (Å²) >= 11 is 1.38. The number of nitrogens with one attached hydrogen (secondary N) is 1. The number of hydrogen-bond acceptors (Lipinski definition) is 6. The Morgan fingerprint density at radius 2 is 2.17 bits per heavy atom. The van der Waals surface area contributed by atoms with Crippen LogP contribution in [0.2, 0.25) is 0 Å². The zero-order valence-electron chi connectivity index (χ0n) is 13.4. The van der Waals surface area contributed by atoms with Crippen molar-refractivity contribution in [3.05, 3.63) is 29.3 Å². The Morgan fingerprint density at radius 3 is 2.83 bits per heavy atom. The monoisotopic (exact) mass is 336 g/mol. The highest BCUT2D eigenvalue weighted by atomic mass is 32.1. The van der Waals surface area contributed by atoms with Crippen LogP contribution in [0.5, 0.6) is 11.5 Å². The van der Waals surface area contributed by atoms with Crippen molar-refractivity contribution in [1.29, 1.82) is 0 Å². The number of aromatic nitrogens is 1. The second-order valence-electron chi connectivity index (χ2n) is 5.36. The smallest absolute Gasteiger partial charge is 0.137 e. The second-order valence-corrected chi connectivity index (χ2v) is 6.22. The van der Waals surface area contributed by atoms with Crippen LogP contribution in [0.25, 0.3) is 10.6 Å². The van der Waals surface area contributed by atoms with Gasteiger partial charge < -0.3 is 24.3 Å². The second kappa shape index (κ2) is 7.94. The molecule has 0 amide bonds. The highest BCUT2D eigenvalue weighted by Gasteiger charge is 2.13. The molecule has 1 heterocycles. The quantitative estimate of drug-likeness (QED) is 0.712. The molecule has 0 atom stereocenters. The van der Waals surface area contributed by atoms with Crippen LogP contribution in [0.4, 0.5) is 0 Å². The van der Waals surface area contributed by atoms with Gasteiger partial charge in [0.25, 0.3) is 0 Å². The number of carbonyl (C=O) groups excluding carboxylic acids is 1. The van der Waals surface area contributed by atoms with Gasteiger partial charge >= 0.3 is 0 Å². The van der Waals surface area contributed by atoms with E-state index in [0.717, 1.165) is 17.1 Å². The molecule has 6 nitrogen and oxygen atoms in total. The standard InChI is InChI=1S/C16H20N2O4S/c1-18(2)6-7-22-14-9-12(21-3)4-5-13(14)16-17-11(10-23-16)8-15(19)20/h4-5,9-10H,6-8H2,1-3H3,(H,19,20). The Kier molecular flexibility index (Phi) is 5.95. The van der Waals surface area contributed by atoms with Gasteiger partial charge in [0.15, 0.2) is 0 Å². The fourth-order valence-electron chi connectivity index (χ4n) is 1.95. The number of carboxylic acid groups (broad SMARTS) is 1. The number of rotatable bonds is 8. The zero-order valence-corrected chi connectivity index (χ0v) is 14.2. The van der Waals surface area contributed by atoms with E-state index in [1.807, 2.05) is 18.2 Å². The number of methoxy groups -OCH3 is 1. The molecule has 0 saturated carbocycles. The van der Waals surface area contributed by atoms with Gasteiger partial charge in [0.05, 0.1) is 32.5 Å². The van der Waals surface area contributed by atoms with Crippen molar-refractivity contribution in [3.63, 3.8) is 0 Å². The number of thiazole rings is 1. The minimum Gasteiger partial charge on any atom is -0.550 e. The fourth-order valence-corrected chi connectivity index (χ4v) is 2.80. The molecule has 0 unspecified atom stereocenters. The van der Waals surface area contributed by atoms with Gasteiger partial charge in [0.1, 0.15) is 29.7 Å². The molecule has 0 aliphatic heterocycles. The van der Waals surface area contributed by atoms with Crippen LogP contribution in [0.15, 0.2) is 23.6 Å². The van der Waals surface area contributed by atoms with E-state index in [-0.39, 0.29) is 6.42 Å². The first-order valence-electron chi connectivity index (χ1n) is 7.24. The van der Waals surface area contributed by atoms with Gasteiger partial charge in [-0.05, 0) is 12.1 Å². The largest absolute Gasteiger partial charge is 0.550 e. The average Bonchev–Trinajstić information content (AvgIpc) is 2.94. The summed E-state index contributed by atoms with van der Waals surface area (Å²) < 4.78 is 11.1. The van der Waals surface area contributed by atoms with Gasteiger partial charge in [-0.25, -0.2) is 4.98 Å². The van der Waals surface area contributed by atoms with Crippen molar-refractivity contribution >= 4 is 17.3 Å². The summed E-state index contributed by atoms with van der Waals surface area (Å²) in [5.41, 5.74) is 1.32. The zero-order chi connectivity index (χ0) is 16.8. The molecule has 1 aromatic heterocycles. The number of quaternary nitrogens is 1. The van der Waals surface area contributed by atoms with Gasteiger partial charge in [0, 0.05) is 23.8 Å². The maximum absolute atomic E-state index is 10.7. The highest BCUT2D eigenvalue weighted by Crippen LogP contribution is 2.35. The molecule has 0 bridgehead atoms. The van der Waals surface area contributed by atoms with Crippen molar-refractivity contribution < 1.29 is 24.3 Å². The van der Waals surface area contributed by atoms with E-state index in [9.17, 15) is 9.90 Å². The Balaban J connectivity index is 2.25. The number of aliphatic carboxylic acids is 1. The van der Waals surface area contributed by atoms with Crippen LogP contribution in [-0.2, 0) is 11.2 Å². The van der Waals surface area contributed by atoms with Crippen LogP contribution in [-0.4, -0.2) is 45.3 Å². The minimum absolute atomic E-state index is 0.188. The third-order valence-electron chi connectivity index (χ3n) is 3.16. The normalized spacial score (nSPS) is 10.8. The summed E-state index contributed by atoms with van der Waals surface area (Å²) in [6, 6.07) is 5.53. The lowest BCUT2D eigenvalue weighted by Gasteiger charge is -2.13. The lowest BCUT2D eigenvalue weighted by atomic mass is 10.2. The first-order valence-corrected chi connectivity index (χ1v) is 8.12. The first kappa shape index (κ1) is 17.2. The fraction of sp³-hybridized carbons (Fsp3) is 0.375. The van der Waals surface area contributed by atoms with E-state index in [0.29, 0.717) is 23.8 Å². The Bertz CT molecular complexity index is 670. The molecule has 1 aromatic carbocycles. The Labute approximate surface area is 139 Å². The van der Waals surface area contributed by atoms with Crippen molar-refractivity contribution in [3.8, 4) is 22.1 Å². The average molecular weight is 336 g/mol. The molecule has 0 radical (unpaired) electrons. The molecule has 23 heavy (non-hydrogen) atoms. The van der Waals surface area contributed by atoms with E-state index >= 15 is 0 Å². The summed E-state index contributed by atoms with van der Waals surface area (Å²) in [4.78, 5) is 16.3. The number of benzene rings is 1. The summed E-state index contributed by atoms with van der Waals surface area (Å²) in [7, 11) is 5.72. The lowest BCUT2D eigenvalue weighted by Crippen LogP contribution is -3.06. The third kappa shape index (κ3) is 4.94. The van der Waals surface area contributed by atoms with Crippen LogP contribution in [0, 0.1) is 0 Å². The first-order chi connectivity index (χ1) is 11.0. The molecular formula is C16H20N2O4S. The van der Waals surface area contributed by atoms with Gasteiger partial charge in [0.2, 0.25) is 0 Å². The lowest BCUT2D eigenvalue weighted by molar-refractivity contribution is -0.858. The summed E-state index contributed by atoms with van der Waals surface area (Å²) in [6.45, 7) is 1.43. The van der Waals surface area contributed by atoms with Gasteiger partial charge in [-0.3, -0.25) is 0 Å². The molecule has 0 spiro atoms. The Morgan fingerprint density at radius 1 is 1.39 bits per heavy atom. The highest BCUT2D eigenvalue weighted by molar-refractivity contribution is 7.13. The van der Waals surface area contributed by atoms with E-state index in [1.54, 1.807) is 12.5 Å². The van der Waals surface area contributed by atoms with Crippen molar-refractivity contribution in [2.24, 2.45) is 0 Å². The predicted octanol–water partition coefficient (Wildman–Crippen LogP) is -0.366. The molecule has 0 fully saturated rings. The van der Waals surface area contributed by atoms with Crippen molar-refractivity contribution in [1.82, 2.24) is 4.98 Å². The number of hydrogen-bond donors (Lipinski definition) is 1. The summed E-state index contributed by atoms with van der Waals surface area (Å²) in [5, 5.41) is 13.1. The van der Waals surface area contributed by atoms with Crippen LogP contribution >= 0.6 is 11.3 Å². The molecule has 2 rings (SSSR count).